The zero-order chi connectivity index (χ0) is 11.1. The standard InChI is InChI=1S/C11H19N3O/c1-11(2,3)14-10(6-12)8-4-5-15-7-9(8)13-14/h4-7,12H2,1-3H3. The van der Waals surface area contributed by atoms with Gasteiger partial charge < -0.3 is 10.5 Å². The molecule has 0 saturated heterocycles. The molecule has 0 saturated carbocycles. The van der Waals surface area contributed by atoms with Crippen LogP contribution in [-0.4, -0.2) is 16.4 Å². The molecule has 84 valence electrons. The zero-order valence-corrected chi connectivity index (χ0v) is 9.71. The van der Waals surface area contributed by atoms with Crippen molar-refractivity contribution in [2.45, 2.75) is 45.9 Å². The molecule has 0 radical (unpaired) electrons. The predicted octanol–water partition coefficient (Wildman–Crippen LogP) is 1.17. The van der Waals surface area contributed by atoms with Crippen LogP contribution >= 0.6 is 0 Å². The third-order valence-electron chi connectivity index (χ3n) is 2.74. The summed E-state index contributed by atoms with van der Waals surface area (Å²) in [7, 11) is 0. The molecule has 4 heteroatoms. The van der Waals surface area contributed by atoms with Gasteiger partial charge in [0.1, 0.15) is 0 Å². The lowest BCUT2D eigenvalue weighted by Crippen LogP contribution is -2.26. The van der Waals surface area contributed by atoms with Crippen LogP contribution < -0.4 is 5.73 Å². The molecule has 0 spiro atoms. The maximum Gasteiger partial charge on any atom is 0.0918 e. The highest BCUT2D eigenvalue weighted by Gasteiger charge is 2.25. The fourth-order valence-corrected chi connectivity index (χ4v) is 2.05. The third kappa shape index (κ3) is 1.79. The van der Waals surface area contributed by atoms with Gasteiger partial charge >= 0.3 is 0 Å². The lowest BCUT2D eigenvalue weighted by atomic mass is 10.1. The molecule has 1 aromatic rings. The molecule has 1 aliphatic heterocycles. The van der Waals surface area contributed by atoms with E-state index in [1.165, 1.54) is 11.3 Å². The van der Waals surface area contributed by atoms with E-state index in [4.69, 9.17) is 10.5 Å². The van der Waals surface area contributed by atoms with E-state index in [1.807, 2.05) is 4.68 Å². The van der Waals surface area contributed by atoms with Gasteiger partial charge in [0.25, 0.3) is 0 Å². The highest BCUT2D eigenvalue weighted by Crippen LogP contribution is 2.25. The quantitative estimate of drug-likeness (QED) is 0.755. The normalized spacial score (nSPS) is 16.5. The van der Waals surface area contributed by atoms with Crippen LogP contribution in [0.25, 0.3) is 0 Å². The van der Waals surface area contributed by atoms with Crippen molar-refractivity contribution in [3.8, 4) is 0 Å². The van der Waals surface area contributed by atoms with Crippen molar-refractivity contribution in [2.75, 3.05) is 6.61 Å². The first-order valence-corrected chi connectivity index (χ1v) is 5.42. The Morgan fingerprint density at radius 3 is 2.80 bits per heavy atom. The topological polar surface area (TPSA) is 53.1 Å². The number of nitrogens with two attached hydrogens (primary N) is 1. The number of rotatable bonds is 1. The van der Waals surface area contributed by atoms with E-state index in [0.717, 1.165) is 18.7 Å². The van der Waals surface area contributed by atoms with Gasteiger partial charge in [0.2, 0.25) is 0 Å². The first-order valence-electron chi connectivity index (χ1n) is 5.42. The van der Waals surface area contributed by atoms with Crippen molar-refractivity contribution in [1.82, 2.24) is 9.78 Å². The fraction of sp³-hybridized carbons (Fsp3) is 0.727. The number of ether oxygens (including phenoxy) is 1. The minimum atomic E-state index is -0.00789. The van der Waals surface area contributed by atoms with Crippen molar-refractivity contribution in [1.29, 1.82) is 0 Å². The highest BCUT2D eigenvalue weighted by molar-refractivity contribution is 5.28. The summed E-state index contributed by atoms with van der Waals surface area (Å²) in [5.74, 6) is 0. The molecular formula is C11H19N3O. The second-order valence-electron chi connectivity index (χ2n) is 4.96. The molecule has 0 aromatic carbocycles. The minimum Gasteiger partial charge on any atom is -0.375 e. The van der Waals surface area contributed by atoms with E-state index in [0.29, 0.717) is 13.2 Å². The Morgan fingerprint density at radius 2 is 2.20 bits per heavy atom. The maximum atomic E-state index is 5.81. The molecule has 0 bridgehead atoms. The Hall–Kier alpha value is -0.870. The second kappa shape index (κ2) is 3.61. The number of hydrogen-bond acceptors (Lipinski definition) is 3. The Balaban J connectivity index is 2.51. The molecule has 15 heavy (non-hydrogen) atoms. The van der Waals surface area contributed by atoms with Crippen molar-refractivity contribution in [3.63, 3.8) is 0 Å². The molecule has 1 aliphatic rings. The van der Waals surface area contributed by atoms with Gasteiger partial charge in [0.15, 0.2) is 0 Å². The lowest BCUT2D eigenvalue weighted by molar-refractivity contribution is 0.107. The summed E-state index contributed by atoms with van der Waals surface area (Å²) < 4.78 is 7.45. The van der Waals surface area contributed by atoms with Gasteiger partial charge in [0.05, 0.1) is 30.1 Å². The Morgan fingerprint density at radius 1 is 1.47 bits per heavy atom. The largest absolute Gasteiger partial charge is 0.375 e. The van der Waals surface area contributed by atoms with Gasteiger partial charge in [0, 0.05) is 12.1 Å². The van der Waals surface area contributed by atoms with Crippen LogP contribution in [0.2, 0.25) is 0 Å². The summed E-state index contributed by atoms with van der Waals surface area (Å²) in [5.41, 5.74) is 9.34. The molecule has 0 unspecified atom stereocenters. The van der Waals surface area contributed by atoms with Gasteiger partial charge in [-0.3, -0.25) is 4.68 Å². The van der Waals surface area contributed by atoms with E-state index < -0.39 is 0 Å². The number of aromatic nitrogens is 2. The predicted molar refractivity (Wildman–Crippen MR) is 58.5 cm³/mol. The van der Waals surface area contributed by atoms with Crippen LogP contribution in [0.1, 0.15) is 37.7 Å². The summed E-state index contributed by atoms with van der Waals surface area (Å²) >= 11 is 0. The van der Waals surface area contributed by atoms with E-state index >= 15 is 0 Å². The fourth-order valence-electron chi connectivity index (χ4n) is 2.05. The van der Waals surface area contributed by atoms with Crippen LogP contribution in [0.5, 0.6) is 0 Å². The van der Waals surface area contributed by atoms with Crippen LogP contribution in [0.4, 0.5) is 0 Å². The number of fused-ring (bicyclic) bond motifs is 1. The van der Waals surface area contributed by atoms with Crippen LogP contribution in [0.15, 0.2) is 0 Å². The summed E-state index contributed by atoms with van der Waals surface area (Å²) in [4.78, 5) is 0. The summed E-state index contributed by atoms with van der Waals surface area (Å²) in [6.45, 7) is 8.41. The zero-order valence-electron chi connectivity index (χ0n) is 9.71. The lowest BCUT2D eigenvalue weighted by Gasteiger charge is -2.22. The van der Waals surface area contributed by atoms with Crippen LogP contribution in [-0.2, 0) is 29.8 Å². The first-order chi connectivity index (χ1) is 7.04. The molecule has 1 aromatic heterocycles. The van der Waals surface area contributed by atoms with E-state index in [2.05, 4.69) is 25.9 Å². The number of hydrogen-bond donors (Lipinski definition) is 1. The first kappa shape index (κ1) is 10.6. The summed E-state index contributed by atoms with van der Waals surface area (Å²) in [6.07, 6.45) is 0.942. The highest BCUT2D eigenvalue weighted by atomic mass is 16.5. The second-order valence-corrected chi connectivity index (χ2v) is 4.96. The maximum absolute atomic E-state index is 5.81. The van der Waals surface area contributed by atoms with Gasteiger partial charge in [-0.05, 0) is 27.2 Å². The third-order valence-corrected chi connectivity index (χ3v) is 2.74. The van der Waals surface area contributed by atoms with Crippen molar-refractivity contribution < 1.29 is 4.74 Å². The molecular weight excluding hydrogens is 190 g/mol. The monoisotopic (exact) mass is 209 g/mol. The van der Waals surface area contributed by atoms with Crippen molar-refractivity contribution >= 4 is 0 Å². The van der Waals surface area contributed by atoms with E-state index in [-0.39, 0.29) is 5.54 Å². The summed E-state index contributed by atoms with van der Waals surface area (Å²) in [6, 6.07) is 0. The van der Waals surface area contributed by atoms with Gasteiger partial charge in [-0.2, -0.15) is 5.10 Å². The van der Waals surface area contributed by atoms with Gasteiger partial charge in [-0.15, -0.1) is 0 Å². The molecule has 2 rings (SSSR count). The Labute approximate surface area is 90.4 Å². The Kier molecular flexibility index (Phi) is 2.56. The number of nitrogens with zero attached hydrogens (tertiary/aromatic N) is 2. The Bertz CT molecular complexity index is 363. The minimum absolute atomic E-state index is 0.00789. The van der Waals surface area contributed by atoms with Crippen LogP contribution in [0.3, 0.4) is 0 Å². The van der Waals surface area contributed by atoms with Crippen molar-refractivity contribution in [3.05, 3.63) is 17.0 Å². The molecule has 2 N–H and O–H groups in total. The molecule has 2 heterocycles. The average Bonchev–Trinajstić information content (AvgIpc) is 2.55. The van der Waals surface area contributed by atoms with Crippen LogP contribution in [0, 0.1) is 0 Å². The SMILES string of the molecule is CC(C)(C)n1nc2c(c1CN)CCOC2. The van der Waals surface area contributed by atoms with Gasteiger partial charge in [-0.1, -0.05) is 0 Å². The molecule has 0 fully saturated rings. The molecule has 4 nitrogen and oxygen atoms in total. The van der Waals surface area contributed by atoms with Crippen molar-refractivity contribution in [2.24, 2.45) is 5.73 Å². The molecule has 0 atom stereocenters. The summed E-state index contributed by atoms with van der Waals surface area (Å²) in [5, 5.41) is 4.60. The smallest absolute Gasteiger partial charge is 0.0918 e. The van der Waals surface area contributed by atoms with E-state index in [1.54, 1.807) is 0 Å². The van der Waals surface area contributed by atoms with E-state index in [9.17, 15) is 0 Å². The molecule has 0 aliphatic carbocycles. The van der Waals surface area contributed by atoms with Gasteiger partial charge in [-0.25, -0.2) is 0 Å². The molecule has 0 amide bonds. The average molecular weight is 209 g/mol.